The van der Waals surface area contributed by atoms with Crippen LogP contribution in [0.15, 0.2) is 72.9 Å². The molecule has 0 saturated carbocycles. The van der Waals surface area contributed by atoms with Crippen LogP contribution >= 0.6 is 0 Å². The summed E-state index contributed by atoms with van der Waals surface area (Å²) in [4.78, 5) is 38.2. The highest BCUT2D eigenvalue weighted by molar-refractivity contribution is 5.71. The summed E-state index contributed by atoms with van der Waals surface area (Å²) in [7, 11) is 0. The quantitative estimate of drug-likeness (QED) is 0.0261. The van der Waals surface area contributed by atoms with Crippen molar-refractivity contribution in [2.45, 2.75) is 303 Å². The van der Waals surface area contributed by atoms with E-state index in [2.05, 4.69) is 87.6 Å². The monoisotopic (exact) mass is 977 g/mol. The summed E-state index contributed by atoms with van der Waals surface area (Å²) >= 11 is 0. The number of rotatable bonds is 54. The Hall–Kier alpha value is -3.15. The maximum Gasteiger partial charge on any atom is 0.306 e. The normalized spacial score (nSPS) is 12.6. The van der Waals surface area contributed by atoms with Crippen LogP contribution in [0.5, 0.6) is 0 Å². The molecule has 0 spiro atoms. The van der Waals surface area contributed by atoms with Gasteiger partial charge in [-0.1, -0.05) is 293 Å². The zero-order valence-corrected chi connectivity index (χ0v) is 46.3. The average Bonchev–Trinajstić information content (AvgIpc) is 3.36. The minimum absolute atomic E-state index is 0.0944. The van der Waals surface area contributed by atoms with E-state index in [0.29, 0.717) is 19.3 Å². The fraction of sp³-hybridized carbons (Fsp3) is 0.766. The third kappa shape index (κ3) is 55.8. The highest BCUT2D eigenvalue weighted by atomic mass is 16.6. The molecular weight excluding hydrogens is 865 g/mol. The Labute approximate surface area is 433 Å². The first-order valence-corrected chi connectivity index (χ1v) is 29.9. The summed E-state index contributed by atoms with van der Waals surface area (Å²) in [6.45, 7) is 6.50. The first-order valence-electron chi connectivity index (χ1n) is 29.9. The fourth-order valence-corrected chi connectivity index (χ4v) is 8.53. The molecule has 0 radical (unpaired) electrons. The Bertz CT molecular complexity index is 1310. The Kier molecular flexibility index (Phi) is 55.8. The van der Waals surface area contributed by atoms with E-state index in [1.165, 1.54) is 173 Å². The van der Waals surface area contributed by atoms with Crippen LogP contribution < -0.4 is 0 Å². The highest BCUT2D eigenvalue weighted by Crippen LogP contribution is 2.17. The lowest BCUT2D eigenvalue weighted by atomic mass is 10.0. The summed E-state index contributed by atoms with van der Waals surface area (Å²) in [5.74, 6) is -0.968. The molecule has 0 aromatic rings. The van der Waals surface area contributed by atoms with E-state index in [-0.39, 0.29) is 37.5 Å². The Morgan fingerprint density at radius 2 is 0.557 bits per heavy atom. The number of carbonyl (C=O) groups is 3. The van der Waals surface area contributed by atoms with Crippen LogP contribution in [-0.2, 0) is 28.6 Å². The van der Waals surface area contributed by atoms with Crippen molar-refractivity contribution in [1.82, 2.24) is 0 Å². The van der Waals surface area contributed by atoms with Crippen molar-refractivity contribution in [1.29, 1.82) is 0 Å². The molecular formula is C64H112O6. The summed E-state index contributed by atoms with van der Waals surface area (Å²) in [5.41, 5.74) is 0. The maximum atomic E-state index is 12.9. The standard InChI is InChI=1S/C64H112O6/c1-4-7-10-13-16-19-22-25-28-30-32-34-36-39-42-45-48-51-54-57-63(66)69-60-61(59-68-62(65)56-53-50-47-44-41-38-27-24-21-18-15-12-9-6-3)70-64(67)58-55-52-49-46-43-40-37-35-33-31-29-26-23-20-17-14-11-8-5-2/h7,10,16,19,25,28,32,34,39,42,48,51,61H,4-6,8-9,11-15,17-18,20-24,26-27,29-31,33,35-38,40-41,43-47,49-50,52-60H2,1-3H3/b10-7-,19-16-,28-25-,34-32-,42-39-,51-48-. The predicted octanol–water partition coefficient (Wildman–Crippen LogP) is 20.2. The Morgan fingerprint density at radius 1 is 0.300 bits per heavy atom. The first kappa shape index (κ1) is 66.9. The van der Waals surface area contributed by atoms with E-state index in [1.807, 2.05) is 6.08 Å². The molecule has 0 N–H and O–H groups in total. The van der Waals surface area contributed by atoms with Crippen molar-refractivity contribution in [3.8, 4) is 0 Å². The third-order valence-corrected chi connectivity index (χ3v) is 13.0. The average molecular weight is 978 g/mol. The van der Waals surface area contributed by atoms with Crippen LogP contribution in [0.2, 0.25) is 0 Å². The van der Waals surface area contributed by atoms with Crippen LogP contribution in [0.3, 0.4) is 0 Å². The second-order valence-corrected chi connectivity index (χ2v) is 19.9. The lowest BCUT2D eigenvalue weighted by Crippen LogP contribution is -2.30. The van der Waals surface area contributed by atoms with Crippen LogP contribution in [0.4, 0.5) is 0 Å². The van der Waals surface area contributed by atoms with E-state index in [4.69, 9.17) is 14.2 Å². The second kappa shape index (κ2) is 58.4. The van der Waals surface area contributed by atoms with Gasteiger partial charge in [0.2, 0.25) is 0 Å². The molecule has 1 atom stereocenters. The molecule has 1 unspecified atom stereocenters. The smallest absolute Gasteiger partial charge is 0.306 e. The molecule has 0 rings (SSSR count). The number of ether oxygens (including phenoxy) is 3. The molecule has 0 aromatic heterocycles. The van der Waals surface area contributed by atoms with Crippen molar-refractivity contribution in [3.63, 3.8) is 0 Å². The fourth-order valence-electron chi connectivity index (χ4n) is 8.53. The van der Waals surface area contributed by atoms with Gasteiger partial charge in [-0.2, -0.15) is 0 Å². The van der Waals surface area contributed by atoms with Crippen LogP contribution in [-0.4, -0.2) is 37.2 Å². The van der Waals surface area contributed by atoms with Gasteiger partial charge in [0.1, 0.15) is 13.2 Å². The van der Waals surface area contributed by atoms with E-state index >= 15 is 0 Å². The Balaban J connectivity index is 4.44. The van der Waals surface area contributed by atoms with Gasteiger partial charge in [-0.15, -0.1) is 0 Å². The molecule has 6 heteroatoms. The molecule has 0 aliphatic heterocycles. The number of hydrogen-bond donors (Lipinski definition) is 0. The van der Waals surface area contributed by atoms with Crippen molar-refractivity contribution in [2.24, 2.45) is 0 Å². The summed E-state index contributed by atoms with van der Waals surface area (Å²) in [5, 5.41) is 0. The summed E-state index contributed by atoms with van der Waals surface area (Å²) < 4.78 is 16.8. The number of unbranched alkanes of at least 4 members (excludes halogenated alkanes) is 31. The lowest BCUT2D eigenvalue weighted by Gasteiger charge is -2.18. The summed E-state index contributed by atoms with van der Waals surface area (Å²) in [6.07, 6.45) is 74.8. The van der Waals surface area contributed by atoms with Gasteiger partial charge in [0.15, 0.2) is 6.10 Å². The van der Waals surface area contributed by atoms with E-state index in [1.54, 1.807) is 0 Å². The van der Waals surface area contributed by atoms with Crippen molar-refractivity contribution >= 4 is 17.9 Å². The van der Waals surface area contributed by atoms with E-state index in [0.717, 1.165) is 77.0 Å². The molecule has 0 fully saturated rings. The van der Waals surface area contributed by atoms with Gasteiger partial charge in [0.25, 0.3) is 0 Å². The molecule has 0 amide bonds. The van der Waals surface area contributed by atoms with Gasteiger partial charge in [0, 0.05) is 19.3 Å². The van der Waals surface area contributed by atoms with Crippen molar-refractivity contribution < 1.29 is 28.6 Å². The molecule has 6 nitrogen and oxygen atoms in total. The second-order valence-electron chi connectivity index (χ2n) is 19.9. The number of hydrogen-bond acceptors (Lipinski definition) is 6. The van der Waals surface area contributed by atoms with Crippen LogP contribution in [0, 0.1) is 0 Å². The predicted molar refractivity (Wildman–Crippen MR) is 302 cm³/mol. The molecule has 404 valence electrons. The number of allylic oxidation sites excluding steroid dienone is 12. The third-order valence-electron chi connectivity index (χ3n) is 13.0. The Morgan fingerprint density at radius 3 is 0.871 bits per heavy atom. The lowest BCUT2D eigenvalue weighted by molar-refractivity contribution is -0.166. The van der Waals surface area contributed by atoms with Gasteiger partial charge >= 0.3 is 17.9 Å². The summed E-state index contributed by atoms with van der Waals surface area (Å²) in [6, 6.07) is 0. The number of carbonyl (C=O) groups excluding carboxylic acids is 3. The largest absolute Gasteiger partial charge is 0.462 e. The van der Waals surface area contributed by atoms with Gasteiger partial charge < -0.3 is 14.2 Å². The van der Waals surface area contributed by atoms with Crippen LogP contribution in [0.25, 0.3) is 0 Å². The van der Waals surface area contributed by atoms with Crippen LogP contribution in [0.1, 0.15) is 297 Å². The maximum absolute atomic E-state index is 12.9. The molecule has 70 heavy (non-hydrogen) atoms. The molecule has 0 bridgehead atoms. The minimum atomic E-state index is -0.803. The minimum Gasteiger partial charge on any atom is -0.462 e. The zero-order valence-electron chi connectivity index (χ0n) is 46.3. The van der Waals surface area contributed by atoms with Gasteiger partial charge in [-0.25, -0.2) is 0 Å². The topological polar surface area (TPSA) is 78.9 Å². The molecule has 0 aliphatic carbocycles. The van der Waals surface area contributed by atoms with Crippen molar-refractivity contribution in [3.05, 3.63) is 72.9 Å². The van der Waals surface area contributed by atoms with E-state index in [9.17, 15) is 14.4 Å². The molecule has 0 aromatic carbocycles. The molecule has 0 aliphatic rings. The number of esters is 3. The van der Waals surface area contributed by atoms with Gasteiger partial charge in [0.05, 0.1) is 0 Å². The highest BCUT2D eigenvalue weighted by Gasteiger charge is 2.19. The molecule has 0 heterocycles. The first-order chi connectivity index (χ1) is 34.5. The van der Waals surface area contributed by atoms with E-state index < -0.39 is 6.10 Å². The van der Waals surface area contributed by atoms with Crippen molar-refractivity contribution in [2.75, 3.05) is 13.2 Å². The zero-order chi connectivity index (χ0) is 50.7. The SMILES string of the molecule is CC/C=C\C/C=C\C/C=C\C/C=C\C/C=C\C/C=C\CCC(=O)OCC(COC(=O)CCCCCCCCCCCCCCCC)OC(=O)CCCCCCCCCCCCCCCCCCCCC. The van der Waals surface area contributed by atoms with Gasteiger partial charge in [-0.3, -0.25) is 14.4 Å². The van der Waals surface area contributed by atoms with Gasteiger partial charge in [-0.05, 0) is 57.8 Å². The molecule has 0 saturated heterocycles.